The third-order valence-corrected chi connectivity index (χ3v) is 2.52. The number of hydrogen-bond donors (Lipinski definition) is 3. The summed E-state index contributed by atoms with van der Waals surface area (Å²) < 4.78 is 0. The summed E-state index contributed by atoms with van der Waals surface area (Å²) >= 11 is 0. The predicted octanol–water partition coefficient (Wildman–Crippen LogP) is 1.89. The third kappa shape index (κ3) is 4.56. The summed E-state index contributed by atoms with van der Waals surface area (Å²) in [4.78, 5) is 32.3. The van der Waals surface area contributed by atoms with E-state index in [0.717, 1.165) is 0 Å². The number of nitrogens with one attached hydrogen (secondary N) is 2. The molecule has 1 atom stereocenters. The molecule has 1 rings (SSSR count). The molecule has 0 heterocycles. The van der Waals surface area contributed by atoms with Crippen LogP contribution in [0.15, 0.2) is 18.2 Å². The third-order valence-electron chi connectivity index (χ3n) is 2.52. The van der Waals surface area contributed by atoms with Gasteiger partial charge in [0.15, 0.2) is 0 Å². The molecule has 0 spiro atoms. The molecule has 0 aromatic heterocycles. The molecule has 1 aromatic rings. The fraction of sp³-hybridized carbons (Fsp3) is 0.333. The SMILES string of the molecule is Cc1ccc(NC(=O)NC(C)CC(=O)O)cc1[N+](=O)[O-]. The first kappa shape index (κ1) is 15.4. The average molecular weight is 281 g/mol. The van der Waals surface area contributed by atoms with Gasteiger partial charge in [0.05, 0.1) is 11.3 Å². The molecule has 0 aliphatic heterocycles. The number of nitro benzene ring substituents is 1. The number of nitrogens with zero attached hydrogens (tertiary/aromatic N) is 1. The van der Waals surface area contributed by atoms with Crippen LogP contribution >= 0.6 is 0 Å². The molecule has 0 saturated heterocycles. The summed E-state index contributed by atoms with van der Waals surface area (Å²) in [5, 5.41) is 24.2. The normalized spacial score (nSPS) is 11.5. The first-order chi connectivity index (χ1) is 9.29. The largest absolute Gasteiger partial charge is 0.481 e. The van der Waals surface area contributed by atoms with Gasteiger partial charge in [0.25, 0.3) is 5.69 Å². The van der Waals surface area contributed by atoms with Crippen LogP contribution in [0.25, 0.3) is 0 Å². The van der Waals surface area contributed by atoms with E-state index in [4.69, 9.17) is 5.11 Å². The highest BCUT2D eigenvalue weighted by molar-refractivity contribution is 5.90. The number of carboxylic acid groups (broad SMARTS) is 1. The minimum absolute atomic E-state index is 0.0959. The van der Waals surface area contributed by atoms with Crippen molar-refractivity contribution in [3.63, 3.8) is 0 Å². The Kier molecular flexibility index (Phi) is 5.01. The van der Waals surface area contributed by atoms with Crippen LogP contribution < -0.4 is 10.6 Å². The van der Waals surface area contributed by atoms with Gasteiger partial charge in [0, 0.05) is 23.4 Å². The first-order valence-corrected chi connectivity index (χ1v) is 5.84. The standard InChI is InChI=1S/C12H15N3O5/c1-7-3-4-9(6-10(7)15(19)20)14-12(18)13-8(2)5-11(16)17/h3-4,6,8H,5H2,1-2H3,(H,16,17)(H2,13,14,18). The van der Waals surface area contributed by atoms with Crippen LogP contribution in [-0.4, -0.2) is 28.1 Å². The molecule has 0 bridgehead atoms. The second-order valence-electron chi connectivity index (χ2n) is 4.36. The number of aryl methyl sites for hydroxylation is 1. The van der Waals surface area contributed by atoms with Gasteiger partial charge < -0.3 is 15.7 Å². The molecule has 20 heavy (non-hydrogen) atoms. The minimum Gasteiger partial charge on any atom is -0.481 e. The lowest BCUT2D eigenvalue weighted by Crippen LogP contribution is -2.37. The van der Waals surface area contributed by atoms with Crippen molar-refractivity contribution in [1.29, 1.82) is 0 Å². The summed E-state index contributed by atoms with van der Waals surface area (Å²) in [6, 6.07) is 3.14. The lowest BCUT2D eigenvalue weighted by atomic mass is 10.2. The van der Waals surface area contributed by atoms with Gasteiger partial charge in [-0.15, -0.1) is 0 Å². The van der Waals surface area contributed by atoms with E-state index in [2.05, 4.69) is 10.6 Å². The first-order valence-electron chi connectivity index (χ1n) is 5.84. The highest BCUT2D eigenvalue weighted by atomic mass is 16.6. The quantitative estimate of drug-likeness (QED) is 0.562. The number of carboxylic acids is 1. The van der Waals surface area contributed by atoms with Crippen LogP contribution in [0.3, 0.4) is 0 Å². The zero-order chi connectivity index (χ0) is 15.3. The van der Waals surface area contributed by atoms with Crippen LogP contribution in [0.1, 0.15) is 18.9 Å². The molecular weight excluding hydrogens is 266 g/mol. The van der Waals surface area contributed by atoms with Gasteiger partial charge in [0.2, 0.25) is 0 Å². The Labute approximate surface area is 114 Å². The molecular formula is C12H15N3O5. The van der Waals surface area contributed by atoms with Crippen LogP contribution in [0.4, 0.5) is 16.2 Å². The Morgan fingerprint density at radius 3 is 2.65 bits per heavy atom. The topological polar surface area (TPSA) is 122 Å². The number of rotatable bonds is 5. The molecule has 1 aromatic carbocycles. The van der Waals surface area contributed by atoms with E-state index in [1.54, 1.807) is 13.8 Å². The second-order valence-corrected chi connectivity index (χ2v) is 4.36. The Bertz CT molecular complexity index is 544. The molecule has 0 saturated carbocycles. The highest BCUT2D eigenvalue weighted by Crippen LogP contribution is 2.22. The Morgan fingerprint density at radius 1 is 1.45 bits per heavy atom. The van der Waals surface area contributed by atoms with Gasteiger partial charge in [-0.05, 0) is 19.9 Å². The number of carbonyl (C=O) groups is 2. The summed E-state index contributed by atoms with van der Waals surface area (Å²) in [5.41, 5.74) is 0.656. The number of benzene rings is 1. The predicted molar refractivity (Wildman–Crippen MR) is 71.7 cm³/mol. The van der Waals surface area contributed by atoms with E-state index in [1.165, 1.54) is 18.2 Å². The van der Waals surface area contributed by atoms with E-state index in [9.17, 15) is 19.7 Å². The van der Waals surface area contributed by atoms with E-state index < -0.39 is 23.0 Å². The number of anilines is 1. The lowest BCUT2D eigenvalue weighted by Gasteiger charge is -2.12. The van der Waals surface area contributed by atoms with Crippen LogP contribution in [0, 0.1) is 17.0 Å². The van der Waals surface area contributed by atoms with Gasteiger partial charge in [0.1, 0.15) is 0 Å². The summed E-state index contributed by atoms with van der Waals surface area (Å²) in [5.74, 6) is -1.02. The molecule has 0 aliphatic rings. The average Bonchev–Trinajstić information content (AvgIpc) is 2.29. The van der Waals surface area contributed by atoms with Crippen LogP contribution in [0.2, 0.25) is 0 Å². The van der Waals surface area contributed by atoms with Crippen molar-refractivity contribution >= 4 is 23.4 Å². The molecule has 2 amide bonds. The lowest BCUT2D eigenvalue weighted by molar-refractivity contribution is -0.385. The number of nitro groups is 1. The van der Waals surface area contributed by atoms with Gasteiger partial charge in [-0.1, -0.05) is 6.07 Å². The van der Waals surface area contributed by atoms with Crippen LogP contribution in [-0.2, 0) is 4.79 Å². The maximum Gasteiger partial charge on any atom is 0.319 e. The van der Waals surface area contributed by atoms with Crippen molar-refractivity contribution in [2.45, 2.75) is 26.3 Å². The number of carbonyl (C=O) groups excluding carboxylic acids is 1. The Balaban J connectivity index is 2.69. The van der Waals surface area contributed by atoms with Gasteiger partial charge in [-0.3, -0.25) is 14.9 Å². The molecule has 108 valence electrons. The molecule has 0 aliphatic carbocycles. The van der Waals surface area contributed by atoms with Crippen molar-refractivity contribution < 1.29 is 19.6 Å². The Hall–Kier alpha value is -2.64. The number of aliphatic carboxylic acids is 1. The molecule has 8 nitrogen and oxygen atoms in total. The zero-order valence-electron chi connectivity index (χ0n) is 11.0. The monoisotopic (exact) mass is 281 g/mol. The van der Waals surface area contributed by atoms with E-state index in [1.807, 2.05) is 0 Å². The van der Waals surface area contributed by atoms with Crippen molar-refractivity contribution in [3.8, 4) is 0 Å². The fourth-order valence-corrected chi connectivity index (χ4v) is 1.59. The number of urea groups is 1. The molecule has 3 N–H and O–H groups in total. The summed E-state index contributed by atoms with van der Waals surface area (Å²) in [7, 11) is 0. The van der Waals surface area contributed by atoms with E-state index in [-0.39, 0.29) is 17.8 Å². The van der Waals surface area contributed by atoms with Crippen molar-refractivity contribution in [2.75, 3.05) is 5.32 Å². The molecule has 1 unspecified atom stereocenters. The Morgan fingerprint density at radius 2 is 2.10 bits per heavy atom. The maximum absolute atomic E-state index is 11.6. The number of hydrogen-bond acceptors (Lipinski definition) is 4. The molecule has 0 fully saturated rings. The summed E-state index contributed by atoms with van der Waals surface area (Å²) in [6.07, 6.45) is -0.207. The number of amides is 2. The minimum atomic E-state index is -1.02. The van der Waals surface area contributed by atoms with Crippen LogP contribution in [0.5, 0.6) is 0 Å². The van der Waals surface area contributed by atoms with E-state index >= 15 is 0 Å². The molecule has 8 heteroatoms. The zero-order valence-corrected chi connectivity index (χ0v) is 11.0. The van der Waals surface area contributed by atoms with Crippen molar-refractivity contribution in [3.05, 3.63) is 33.9 Å². The smallest absolute Gasteiger partial charge is 0.319 e. The second kappa shape index (κ2) is 6.50. The summed E-state index contributed by atoms with van der Waals surface area (Å²) in [6.45, 7) is 3.14. The highest BCUT2D eigenvalue weighted by Gasteiger charge is 2.14. The van der Waals surface area contributed by atoms with Crippen molar-refractivity contribution in [1.82, 2.24) is 5.32 Å². The maximum atomic E-state index is 11.6. The van der Waals surface area contributed by atoms with E-state index in [0.29, 0.717) is 5.56 Å². The fourth-order valence-electron chi connectivity index (χ4n) is 1.59. The van der Waals surface area contributed by atoms with Gasteiger partial charge >= 0.3 is 12.0 Å². The van der Waals surface area contributed by atoms with Crippen molar-refractivity contribution in [2.24, 2.45) is 0 Å². The van der Waals surface area contributed by atoms with Gasteiger partial charge in [-0.2, -0.15) is 0 Å². The van der Waals surface area contributed by atoms with Gasteiger partial charge in [-0.25, -0.2) is 4.79 Å². The molecule has 0 radical (unpaired) electrons.